The maximum absolute atomic E-state index is 6.17. The SMILES string of the molecule is CCCCOCCOCCOCc1ccc2c(c1COCCOCCOCCCC)OC(COCCOCCOCCCC)O2. The van der Waals surface area contributed by atoms with Gasteiger partial charge in [0, 0.05) is 25.4 Å². The molecule has 1 aliphatic heterocycles. The first-order valence-electron chi connectivity index (χ1n) is 17.0. The summed E-state index contributed by atoms with van der Waals surface area (Å²) < 4.78 is 63.2. The van der Waals surface area contributed by atoms with Crippen molar-refractivity contribution in [1.29, 1.82) is 0 Å². The van der Waals surface area contributed by atoms with E-state index in [1.54, 1.807) is 0 Å². The van der Waals surface area contributed by atoms with Gasteiger partial charge in [0.1, 0.15) is 6.61 Å². The molecule has 0 fully saturated rings. The van der Waals surface area contributed by atoms with Crippen molar-refractivity contribution in [1.82, 2.24) is 0 Å². The smallest absolute Gasteiger partial charge is 0.264 e. The van der Waals surface area contributed by atoms with Gasteiger partial charge in [0.2, 0.25) is 0 Å². The lowest BCUT2D eigenvalue weighted by Gasteiger charge is -2.14. The van der Waals surface area contributed by atoms with E-state index < -0.39 is 6.29 Å². The van der Waals surface area contributed by atoms with Crippen molar-refractivity contribution < 1.29 is 52.1 Å². The minimum atomic E-state index is -0.545. The third-order valence-electron chi connectivity index (χ3n) is 6.75. The summed E-state index contributed by atoms with van der Waals surface area (Å²) >= 11 is 0. The molecule has 0 saturated carbocycles. The molecule has 0 bridgehead atoms. The van der Waals surface area contributed by atoms with Gasteiger partial charge in [0.15, 0.2) is 11.5 Å². The molecule has 0 saturated heterocycles. The van der Waals surface area contributed by atoms with Crippen molar-refractivity contribution in [3.05, 3.63) is 23.3 Å². The molecule has 1 heterocycles. The maximum atomic E-state index is 6.17. The predicted octanol–water partition coefficient (Wildman–Crippen LogP) is 5.33. The first kappa shape index (κ1) is 39.6. The summed E-state index contributed by atoms with van der Waals surface area (Å²) in [4.78, 5) is 0. The molecular formula is C34H60O11. The molecule has 1 aliphatic rings. The van der Waals surface area contributed by atoms with E-state index >= 15 is 0 Å². The quantitative estimate of drug-likeness (QED) is 0.0928. The Kier molecular flexibility index (Phi) is 25.2. The van der Waals surface area contributed by atoms with Crippen LogP contribution in [0.1, 0.15) is 70.4 Å². The predicted molar refractivity (Wildman–Crippen MR) is 171 cm³/mol. The van der Waals surface area contributed by atoms with Gasteiger partial charge in [-0.2, -0.15) is 0 Å². The third-order valence-corrected chi connectivity index (χ3v) is 6.75. The number of fused-ring (bicyclic) bond motifs is 1. The minimum Gasteiger partial charge on any atom is -0.448 e. The Labute approximate surface area is 271 Å². The zero-order valence-corrected chi connectivity index (χ0v) is 28.2. The molecule has 0 aliphatic carbocycles. The van der Waals surface area contributed by atoms with Gasteiger partial charge in [-0.3, -0.25) is 0 Å². The first-order chi connectivity index (χ1) is 22.3. The number of ether oxygens (including phenoxy) is 11. The third kappa shape index (κ3) is 19.7. The molecule has 45 heavy (non-hydrogen) atoms. The summed E-state index contributed by atoms with van der Waals surface area (Å²) in [6, 6.07) is 3.90. The highest BCUT2D eigenvalue weighted by molar-refractivity contribution is 5.52. The molecule has 0 aromatic heterocycles. The zero-order valence-electron chi connectivity index (χ0n) is 28.2. The number of hydrogen-bond donors (Lipinski definition) is 0. The normalized spacial score (nSPS) is 14.1. The van der Waals surface area contributed by atoms with E-state index in [2.05, 4.69) is 20.8 Å². The van der Waals surface area contributed by atoms with Crippen molar-refractivity contribution in [2.75, 3.05) is 106 Å². The van der Waals surface area contributed by atoms with Gasteiger partial charge in [-0.1, -0.05) is 46.1 Å². The Bertz CT molecular complexity index is 811. The summed E-state index contributed by atoms with van der Waals surface area (Å²) in [6.07, 6.45) is 6.05. The Balaban J connectivity index is 1.74. The van der Waals surface area contributed by atoms with E-state index in [4.69, 9.17) is 52.1 Å². The number of hydrogen-bond acceptors (Lipinski definition) is 11. The van der Waals surface area contributed by atoms with Gasteiger partial charge in [-0.05, 0) is 30.9 Å². The summed E-state index contributed by atoms with van der Waals surface area (Å²) in [5, 5.41) is 0. The Morgan fingerprint density at radius 1 is 0.467 bits per heavy atom. The van der Waals surface area contributed by atoms with Crippen LogP contribution in [0.4, 0.5) is 0 Å². The molecule has 1 aromatic rings. The van der Waals surface area contributed by atoms with E-state index in [1.807, 2.05) is 12.1 Å². The van der Waals surface area contributed by atoms with E-state index in [1.165, 1.54) is 0 Å². The van der Waals surface area contributed by atoms with Gasteiger partial charge >= 0.3 is 0 Å². The van der Waals surface area contributed by atoms with Crippen LogP contribution in [-0.2, 0) is 55.8 Å². The van der Waals surface area contributed by atoms with Crippen LogP contribution in [0.25, 0.3) is 0 Å². The molecule has 0 radical (unpaired) electrons. The summed E-state index contributed by atoms with van der Waals surface area (Å²) in [5.41, 5.74) is 1.87. The highest BCUT2D eigenvalue weighted by Gasteiger charge is 2.28. The van der Waals surface area contributed by atoms with Crippen molar-refractivity contribution in [3.63, 3.8) is 0 Å². The molecule has 1 atom stereocenters. The minimum absolute atomic E-state index is 0.283. The largest absolute Gasteiger partial charge is 0.448 e. The molecule has 1 unspecified atom stereocenters. The second-order valence-corrected chi connectivity index (χ2v) is 10.6. The van der Waals surface area contributed by atoms with Crippen LogP contribution in [0.2, 0.25) is 0 Å². The van der Waals surface area contributed by atoms with Gasteiger partial charge < -0.3 is 52.1 Å². The second kappa shape index (κ2) is 28.7. The fourth-order valence-corrected chi connectivity index (χ4v) is 4.12. The topological polar surface area (TPSA) is 102 Å². The maximum Gasteiger partial charge on any atom is 0.264 e. The fraction of sp³-hybridized carbons (Fsp3) is 0.824. The lowest BCUT2D eigenvalue weighted by atomic mass is 10.1. The summed E-state index contributed by atoms with van der Waals surface area (Å²) in [7, 11) is 0. The monoisotopic (exact) mass is 644 g/mol. The molecule has 262 valence electrons. The number of benzene rings is 1. The molecule has 0 spiro atoms. The van der Waals surface area contributed by atoms with Crippen LogP contribution < -0.4 is 9.47 Å². The van der Waals surface area contributed by atoms with Crippen molar-refractivity contribution in [2.45, 2.75) is 78.8 Å². The van der Waals surface area contributed by atoms with Crippen LogP contribution in [-0.4, -0.2) is 112 Å². The van der Waals surface area contributed by atoms with Gasteiger partial charge in [0.05, 0.1) is 92.5 Å². The number of unbranched alkanes of at least 4 members (excludes halogenated alkanes) is 3. The van der Waals surface area contributed by atoms with E-state index in [0.717, 1.165) is 69.5 Å². The van der Waals surface area contributed by atoms with E-state index in [0.29, 0.717) is 104 Å². The number of rotatable bonds is 33. The Morgan fingerprint density at radius 3 is 1.38 bits per heavy atom. The molecule has 1 aromatic carbocycles. The molecule has 11 nitrogen and oxygen atoms in total. The summed E-state index contributed by atoms with van der Waals surface area (Å²) in [5.74, 6) is 1.33. The fourth-order valence-electron chi connectivity index (χ4n) is 4.12. The van der Waals surface area contributed by atoms with Gasteiger partial charge in [0.25, 0.3) is 6.29 Å². The lowest BCUT2D eigenvalue weighted by molar-refractivity contribution is -0.0504. The van der Waals surface area contributed by atoms with E-state index in [9.17, 15) is 0 Å². The van der Waals surface area contributed by atoms with Crippen LogP contribution in [0.3, 0.4) is 0 Å². The molecule has 0 amide bonds. The van der Waals surface area contributed by atoms with Crippen molar-refractivity contribution in [2.24, 2.45) is 0 Å². The first-order valence-corrected chi connectivity index (χ1v) is 17.0. The molecule has 11 heteroatoms. The standard InChI is InChI=1S/C34H60O11/c1-4-7-12-35-15-18-38-21-24-41-27-30-10-11-32-34(31(30)28-42-25-22-39-19-16-36-13-8-5-2)45-33(44-32)29-43-26-23-40-20-17-37-14-9-6-3/h10-11,33H,4-9,12-29H2,1-3H3. The van der Waals surface area contributed by atoms with Crippen LogP contribution in [0, 0.1) is 0 Å². The van der Waals surface area contributed by atoms with Gasteiger partial charge in [-0.25, -0.2) is 0 Å². The second-order valence-electron chi connectivity index (χ2n) is 10.6. The van der Waals surface area contributed by atoms with E-state index in [-0.39, 0.29) is 6.61 Å². The average Bonchev–Trinajstić information content (AvgIpc) is 3.47. The van der Waals surface area contributed by atoms with Crippen LogP contribution >= 0.6 is 0 Å². The highest BCUT2D eigenvalue weighted by Crippen LogP contribution is 2.40. The Morgan fingerprint density at radius 2 is 0.889 bits per heavy atom. The Hall–Kier alpha value is -1.54. The van der Waals surface area contributed by atoms with Crippen molar-refractivity contribution in [3.8, 4) is 11.5 Å². The zero-order chi connectivity index (χ0) is 32.0. The summed E-state index contributed by atoms with van der Waals surface area (Å²) in [6.45, 7) is 16.1. The average molecular weight is 645 g/mol. The lowest BCUT2D eigenvalue weighted by Crippen LogP contribution is -2.25. The highest BCUT2D eigenvalue weighted by atomic mass is 16.7. The molecule has 2 rings (SSSR count). The van der Waals surface area contributed by atoms with Gasteiger partial charge in [-0.15, -0.1) is 0 Å². The van der Waals surface area contributed by atoms with Crippen molar-refractivity contribution >= 4 is 0 Å². The van der Waals surface area contributed by atoms with Crippen LogP contribution in [0.5, 0.6) is 11.5 Å². The molecule has 0 N–H and O–H groups in total. The molecular weight excluding hydrogens is 584 g/mol. The van der Waals surface area contributed by atoms with Crippen LogP contribution in [0.15, 0.2) is 12.1 Å².